The van der Waals surface area contributed by atoms with Crippen LogP contribution in [0.2, 0.25) is 0 Å². The molecule has 0 unspecified atom stereocenters. The number of aromatic nitrogens is 2. The van der Waals surface area contributed by atoms with Gasteiger partial charge in [0, 0.05) is 37.9 Å². The van der Waals surface area contributed by atoms with Crippen LogP contribution in [0.4, 0.5) is 16.3 Å². The zero-order valence-corrected chi connectivity index (χ0v) is 13.3. The summed E-state index contributed by atoms with van der Waals surface area (Å²) in [4.78, 5) is 24.8. The molecule has 1 aliphatic heterocycles. The summed E-state index contributed by atoms with van der Waals surface area (Å²) in [5.74, 6) is 0.857. The third-order valence-corrected chi connectivity index (χ3v) is 4.40. The summed E-state index contributed by atoms with van der Waals surface area (Å²) in [6.45, 7) is 2.49. The molecule has 1 saturated heterocycles. The highest BCUT2D eigenvalue weighted by molar-refractivity contribution is 7.09. The lowest BCUT2D eigenvalue weighted by Gasteiger charge is -2.22. The Morgan fingerprint density at radius 3 is 2.91 bits per heavy atom. The number of carbonyl (C=O) groups is 1. The number of pyridine rings is 1. The number of nitrogens with one attached hydrogen (secondary N) is 1. The summed E-state index contributed by atoms with van der Waals surface area (Å²) in [5.41, 5.74) is 0.764. The van der Waals surface area contributed by atoms with E-state index in [1.165, 1.54) is 12.8 Å². The molecule has 0 saturated carbocycles. The van der Waals surface area contributed by atoms with Crippen LogP contribution < -0.4 is 10.2 Å². The fourth-order valence-electron chi connectivity index (χ4n) is 2.49. The Morgan fingerprint density at radius 1 is 1.36 bits per heavy atom. The molecule has 3 heterocycles. The van der Waals surface area contributed by atoms with Gasteiger partial charge in [-0.1, -0.05) is 0 Å². The van der Waals surface area contributed by atoms with Crippen molar-refractivity contribution >= 4 is 28.9 Å². The van der Waals surface area contributed by atoms with E-state index in [4.69, 9.17) is 0 Å². The molecule has 0 radical (unpaired) electrons. The quantitative estimate of drug-likeness (QED) is 0.942. The Hall–Kier alpha value is -2.15. The van der Waals surface area contributed by atoms with Crippen molar-refractivity contribution < 1.29 is 4.79 Å². The molecule has 2 aromatic rings. The Morgan fingerprint density at radius 2 is 2.18 bits per heavy atom. The summed E-state index contributed by atoms with van der Waals surface area (Å²) in [6, 6.07) is 3.59. The molecule has 22 heavy (non-hydrogen) atoms. The smallest absolute Gasteiger partial charge is 0.322 e. The van der Waals surface area contributed by atoms with Gasteiger partial charge in [0.2, 0.25) is 0 Å². The van der Waals surface area contributed by atoms with E-state index in [2.05, 4.69) is 20.2 Å². The van der Waals surface area contributed by atoms with Crippen LogP contribution in [0.3, 0.4) is 0 Å². The molecule has 2 amide bonds. The first-order valence-electron chi connectivity index (χ1n) is 7.34. The first kappa shape index (κ1) is 14.8. The third kappa shape index (κ3) is 3.36. The molecule has 2 aromatic heterocycles. The number of thiazole rings is 1. The average Bonchev–Trinajstić information content (AvgIpc) is 3.21. The molecule has 1 N–H and O–H groups in total. The van der Waals surface area contributed by atoms with Crippen molar-refractivity contribution in [2.24, 2.45) is 0 Å². The van der Waals surface area contributed by atoms with Crippen molar-refractivity contribution in [3.63, 3.8) is 0 Å². The zero-order valence-electron chi connectivity index (χ0n) is 12.5. The molecule has 0 aliphatic carbocycles. The van der Waals surface area contributed by atoms with Crippen molar-refractivity contribution in [1.29, 1.82) is 0 Å². The molecule has 0 bridgehead atoms. The van der Waals surface area contributed by atoms with Gasteiger partial charge in [0.15, 0.2) is 5.82 Å². The fourth-order valence-corrected chi connectivity index (χ4v) is 3.16. The van der Waals surface area contributed by atoms with Gasteiger partial charge in [0.1, 0.15) is 5.01 Å². The second kappa shape index (κ2) is 6.74. The van der Waals surface area contributed by atoms with Crippen LogP contribution in [0.15, 0.2) is 29.9 Å². The monoisotopic (exact) mass is 317 g/mol. The summed E-state index contributed by atoms with van der Waals surface area (Å²) in [5, 5.41) is 5.79. The van der Waals surface area contributed by atoms with Crippen molar-refractivity contribution in [2.75, 3.05) is 30.4 Å². The van der Waals surface area contributed by atoms with E-state index >= 15 is 0 Å². The molecule has 0 aromatic carbocycles. The molecule has 3 rings (SSSR count). The van der Waals surface area contributed by atoms with E-state index in [9.17, 15) is 4.79 Å². The van der Waals surface area contributed by atoms with E-state index in [1.54, 1.807) is 35.7 Å². The van der Waals surface area contributed by atoms with Gasteiger partial charge in [-0.25, -0.2) is 14.8 Å². The first-order valence-corrected chi connectivity index (χ1v) is 8.22. The molecular weight excluding hydrogens is 298 g/mol. The molecule has 116 valence electrons. The fraction of sp³-hybridized carbons (Fsp3) is 0.400. The maximum atomic E-state index is 12.4. The minimum absolute atomic E-state index is 0.149. The molecule has 6 nitrogen and oxygen atoms in total. The predicted molar refractivity (Wildman–Crippen MR) is 88.3 cm³/mol. The molecule has 0 atom stereocenters. The third-order valence-electron chi connectivity index (χ3n) is 3.64. The lowest BCUT2D eigenvalue weighted by molar-refractivity contribution is 0.220. The van der Waals surface area contributed by atoms with Crippen LogP contribution in [-0.2, 0) is 6.54 Å². The molecule has 1 aliphatic rings. The lowest BCUT2D eigenvalue weighted by Crippen LogP contribution is -2.32. The summed E-state index contributed by atoms with van der Waals surface area (Å²) < 4.78 is 0. The first-order chi connectivity index (χ1) is 10.7. The van der Waals surface area contributed by atoms with Gasteiger partial charge in [0.25, 0.3) is 0 Å². The predicted octanol–water partition coefficient (Wildman–Crippen LogP) is 2.80. The Balaban J connectivity index is 1.68. The highest BCUT2D eigenvalue weighted by Gasteiger charge is 2.19. The number of urea groups is 1. The van der Waals surface area contributed by atoms with E-state index in [1.807, 2.05) is 17.5 Å². The number of anilines is 2. The van der Waals surface area contributed by atoms with Crippen LogP contribution in [0.25, 0.3) is 0 Å². The normalized spacial score (nSPS) is 14.1. The van der Waals surface area contributed by atoms with E-state index in [0.29, 0.717) is 6.54 Å². The molecule has 0 spiro atoms. The molecular formula is C15H19N5OS. The number of hydrogen-bond acceptors (Lipinski definition) is 5. The number of hydrogen-bond donors (Lipinski definition) is 1. The zero-order chi connectivity index (χ0) is 15.4. The lowest BCUT2D eigenvalue weighted by atomic mass is 10.3. The van der Waals surface area contributed by atoms with Crippen molar-refractivity contribution in [3.8, 4) is 0 Å². The minimum atomic E-state index is -0.149. The van der Waals surface area contributed by atoms with Gasteiger partial charge in [-0.15, -0.1) is 11.3 Å². The summed E-state index contributed by atoms with van der Waals surface area (Å²) in [6.07, 6.45) is 5.86. The number of amides is 2. The summed E-state index contributed by atoms with van der Waals surface area (Å²) >= 11 is 1.55. The largest absolute Gasteiger partial charge is 0.355 e. The second-order valence-electron chi connectivity index (χ2n) is 5.28. The van der Waals surface area contributed by atoms with Gasteiger partial charge >= 0.3 is 6.03 Å². The SMILES string of the molecule is CN(Cc1nccs1)C(=O)Nc1cccnc1N1CCCC1. The standard InChI is InChI=1S/C15H19N5OS/c1-19(11-13-16-7-10-22-13)15(21)18-12-5-4-6-17-14(12)20-8-2-3-9-20/h4-7,10H,2-3,8-9,11H2,1H3,(H,18,21). The highest BCUT2D eigenvalue weighted by atomic mass is 32.1. The van der Waals surface area contributed by atoms with Crippen molar-refractivity contribution in [1.82, 2.24) is 14.9 Å². The number of carbonyl (C=O) groups excluding carboxylic acids is 1. The van der Waals surface area contributed by atoms with Crippen molar-refractivity contribution in [2.45, 2.75) is 19.4 Å². The minimum Gasteiger partial charge on any atom is -0.355 e. The van der Waals surface area contributed by atoms with Gasteiger partial charge in [0.05, 0.1) is 12.2 Å². The molecule has 7 heteroatoms. The van der Waals surface area contributed by atoms with Crippen LogP contribution >= 0.6 is 11.3 Å². The highest BCUT2D eigenvalue weighted by Crippen LogP contribution is 2.26. The van der Waals surface area contributed by atoms with Gasteiger partial charge in [-0.05, 0) is 25.0 Å². The van der Waals surface area contributed by atoms with Gasteiger partial charge < -0.3 is 15.1 Å². The van der Waals surface area contributed by atoms with Crippen LogP contribution in [0.5, 0.6) is 0 Å². The van der Waals surface area contributed by atoms with E-state index < -0.39 is 0 Å². The summed E-state index contributed by atoms with van der Waals surface area (Å²) in [7, 11) is 1.77. The van der Waals surface area contributed by atoms with Crippen LogP contribution in [-0.4, -0.2) is 41.0 Å². The van der Waals surface area contributed by atoms with Gasteiger partial charge in [-0.2, -0.15) is 0 Å². The maximum absolute atomic E-state index is 12.4. The average molecular weight is 317 g/mol. The van der Waals surface area contributed by atoms with Crippen LogP contribution in [0.1, 0.15) is 17.8 Å². The number of rotatable bonds is 4. The van der Waals surface area contributed by atoms with Crippen molar-refractivity contribution in [3.05, 3.63) is 34.9 Å². The van der Waals surface area contributed by atoms with E-state index in [-0.39, 0.29) is 6.03 Å². The Labute approximate surface area is 133 Å². The molecule has 1 fully saturated rings. The van der Waals surface area contributed by atoms with E-state index in [0.717, 1.165) is 29.6 Å². The Kier molecular flexibility index (Phi) is 4.53. The van der Waals surface area contributed by atoms with Gasteiger partial charge in [-0.3, -0.25) is 0 Å². The second-order valence-corrected chi connectivity index (χ2v) is 6.26. The number of nitrogens with zero attached hydrogens (tertiary/aromatic N) is 4. The van der Waals surface area contributed by atoms with Crippen LogP contribution in [0, 0.1) is 0 Å². The Bertz CT molecular complexity index is 625. The maximum Gasteiger partial charge on any atom is 0.322 e. The topological polar surface area (TPSA) is 61.4 Å².